The zero-order chi connectivity index (χ0) is 13.6. The second-order valence-corrected chi connectivity index (χ2v) is 4.63. The molecule has 0 saturated heterocycles. The Bertz CT molecular complexity index is 755. The Hall–Kier alpha value is -2.43. The molecule has 0 amide bonds. The SMILES string of the molecule is COc1cc(C)cc2c(-c3cc(N)on3)cn(C)c12. The van der Waals surface area contributed by atoms with Gasteiger partial charge in [-0.3, -0.25) is 0 Å². The Morgan fingerprint density at radius 2 is 2.11 bits per heavy atom. The van der Waals surface area contributed by atoms with Crippen LogP contribution in [-0.2, 0) is 7.05 Å². The number of nitrogens with two attached hydrogens (primary N) is 1. The second-order valence-electron chi connectivity index (χ2n) is 4.63. The number of fused-ring (bicyclic) bond motifs is 1. The average molecular weight is 257 g/mol. The Morgan fingerprint density at radius 3 is 2.74 bits per heavy atom. The molecule has 0 atom stereocenters. The molecule has 2 N–H and O–H groups in total. The summed E-state index contributed by atoms with van der Waals surface area (Å²) in [6.07, 6.45) is 2.00. The highest BCUT2D eigenvalue weighted by atomic mass is 16.5. The molecule has 0 unspecified atom stereocenters. The van der Waals surface area contributed by atoms with Gasteiger partial charge in [0.15, 0.2) is 0 Å². The monoisotopic (exact) mass is 257 g/mol. The van der Waals surface area contributed by atoms with Crippen LogP contribution in [0.25, 0.3) is 22.2 Å². The Kier molecular flexibility index (Phi) is 2.48. The molecule has 0 aliphatic rings. The topological polar surface area (TPSA) is 66.2 Å². The molecule has 19 heavy (non-hydrogen) atoms. The normalized spacial score (nSPS) is 11.1. The maximum atomic E-state index is 5.59. The van der Waals surface area contributed by atoms with Gasteiger partial charge in [0.05, 0.1) is 12.6 Å². The van der Waals surface area contributed by atoms with Crippen molar-refractivity contribution in [3.05, 3.63) is 30.0 Å². The van der Waals surface area contributed by atoms with Gasteiger partial charge in [-0.15, -0.1) is 0 Å². The van der Waals surface area contributed by atoms with E-state index in [1.807, 2.05) is 30.8 Å². The van der Waals surface area contributed by atoms with Crippen LogP contribution in [0.4, 0.5) is 5.88 Å². The Labute approximate surface area is 110 Å². The first-order valence-electron chi connectivity index (χ1n) is 5.96. The summed E-state index contributed by atoms with van der Waals surface area (Å²) in [6.45, 7) is 2.04. The third-order valence-corrected chi connectivity index (χ3v) is 3.21. The van der Waals surface area contributed by atoms with Crippen molar-refractivity contribution >= 4 is 16.8 Å². The lowest BCUT2D eigenvalue weighted by Gasteiger charge is -2.06. The predicted octanol–water partition coefficient (Wildman–Crippen LogP) is 2.73. The smallest absolute Gasteiger partial charge is 0.222 e. The Balaban J connectivity index is 2.35. The summed E-state index contributed by atoms with van der Waals surface area (Å²) in [4.78, 5) is 0. The lowest BCUT2D eigenvalue weighted by atomic mass is 10.1. The van der Waals surface area contributed by atoms with Crippen molar-refractivity contribution in [3.63, 3.8) is 0 Å². The van der Waals surface area contributed by atoms with Crippen LogP contribution in [-0.4, -0.2) is 16.8 Å². The van der Waals surface area contributed by atoms with Crippen molar-refractivity contribution in [2.45, 2.75) is 6.92 Å². The lowest BCUT2D eigenvalue weighted by molar-refractivity contribution is 0.417. The first kappa shape index (κ1) is 11.6. The fraction of sp³-hybridized carbons (Fsp3) is 0.214. The third-order valence-electron chi connectivity index (χ3n) is 3.21. The highest BCUT2D eigenvalue weighted by molar-refractivity contribution is 5.99. The van der Waals surface area contributed by atoms with Crippen molar-refractivity contribution in [1.82, 2.24) is 9.72 Å². The van der Waals surface area contributed by atoms with Gasteiger partial charge in [0.25, 0.3) is 0 Å². The van der Waals surface area contributed by atoms with Gasteiger partial charge in [0, 0.05) is 30.3 Å². The van der Waals surface area contributed by atoms with Gasteiger partial charge in [0.2, 0.25) is 5.88 Å². The van der Waals surface area contributed by atoms with Crippen molar-refractivity contribution in [2.24, 2.45) is 7.05 Å². The Morgan fingerprint density at radius 1 is 1.32 bits per heavy atom. The number of nitrogen functional groups attached to an aromatic ring is 1. The summed E-state index contributed by atoms with van der Waals surface area (Å²) in [5.41, 5.74) is 9.48. The van der Waals surface area contributed by atoms with Crippen LogP contribution in [0.5, 0.6) is 5.75 Å². The van der Waals surface area contributed by atoms with Gasteiger partial charge in [-0.05, 0) is 24.6 Å². The number of aromatic nitrogens is 2. The summed E-state index contributed by atoms with van der Waals surface area (Å²) in [7, 11) is 3.65. The quantitative estimate of drug-likeness (QED) is 0.766. The average Bonchev–Trinajstić information content (AvgIpc) is 2.93. The zero-order valence-electron chi connectivity index (χ0n) is 11.1. The first-order chi connectivity index (χ1) is 9.10. The van der Waals surface area contributed by atoms with Crippen molar-refractivity contribution in [1.29, 1.82) is 0 Å². The molecular weight excluding hydrogens is 242 g/mol. The van der Waals surface area contributed by atoms with Crippen molar-refractivity contribution in [2.75, 3.05) is 12.8 Å². The van der Waals surface area contributed by atoms with Crippen molar-refractivity contribution < 1.29 is 9.26 Å². The number of methoxy groups -OCH3 is 1. The van der Waals surface area contributed by atoms with Gasteiger partial charge in [0.1, 0.15) is 11.4 Å². The number of nitrogens with zero attached hydrogens (tertiary/aromatic N) is 2. The standard InChI is InChI=1S/C14H15N3O2/c1-8-4-9-10(11-6-13(15)19-16-11)7-17(2)14(9)12(5-8)18-3/h4-7H,15H2,1-3H3. The third kappa shape index (κ3) is 1.74. The molecule has 0 bridgehead atoms. The molecule has 0 spiro atoms. The van der Waals surface area contributed by atoms with Crippen LogP contribution >= 0.6 is 0 Å². The second kappa shape index (κ2) is 4.05. The molecule has 0 radical (unpaired) electrons. The van der Waals surface area contributed by atoms with Gasteiger partial charge >= 0.3 is 0 Å². The first-order valence-corrected chi connectivity index (χ1v) is 5.96. The van der Waals surface area contributed by atoms with E-state index in [0.29, 0.717) is 5.88 Å². The largest absolute Gasteiger partial charge is 0.495 e. The molecule has 5 heteroatoms. The molecule has 98 valence electrons. The number of benzene rings is 1. The summed E-state index contributed by atoms with van der Waals surface area (Å²) >= 11 is 0. The summed E-state index contributed by atoms with van der Waals surface area (Å²) in [6, 6.07) is 5.85. The molecule has 5 nitrogen and oxygen atoms in total. The molecule has 0 aliphatic heterocycles. The van der Waals surface area contributed by atoms with E-state index in [0.717, 1.165) is 33.5 Å². The van der Waals surface area contributed by atoms with Gasteiger partial charge in [-0.25, -0.2) is 0 Å². The molecule has 0 saturated carbocycles. The van der Waals surface area contributed by atoms with E-state index < -0.39 is 0 Å². The number of hydrogen-bond acceptors (Lipinski definition) is 4. The molecule has 3 rings (SSSR count). The maximum absolute atomic E-state index is 5.59. The number of aryl methyl sites for hydroxylation is 2. The number of hydrogen-bond donors (Lipinski definition) is 1. The number of ether oxygens (including phenoxy) is 1. The minimum atomic E-state index is 0.312. The predicted molar refractivity (Wildman–Crippen MR) is 74.1 cm³/mol. The number of anilines is 1. The minimum absolute atomic E-state index is 0.312. The zero-order valence-corrected chi connectivity index (χ0v) is 11.1. The lowest BCUT2D eigenvalue weighted by Crippen LogP contribution is -1.90. The van der Waals surface area contributed by atoms with Crippen LogP contribution < -0.4 is 10.5 Å². The molecule has 3 aromatic rings. The van der Waals surface area contributed by atoms with E-state index in [9.17, 15) is 0 Å². The van der Waals surface area contributed by atoms with E-state index in [2.05, 4.69) is 11.2 Å². The fourth-order valence-electron chi connectivity index (χ4n) is 2.42. The van der Waals surface area contributed by atoms with Gasteiger partial charge in [-0.2, -0.15) is 0 Å². The molecule has 2 heterocycles. The van der Waals surface area contributed by atoms with E-state index in [1.165, 1.54) is 0 Å². The van der Waals surface area contributed by atoms with E-state index in [1.54, 1.807) is 13.2 Å². The van der Waals surface area contributed by atoms with Crippen molar-refractivity contribution in [3.8, 4) is 17.0 Å². The van der Waals surface area contributed by atoms with Crippen LogP contribution in [0.3, 0.4) is 0 Å². The van der Waals surface area contributed by atoms with Gasteiger partial charge in [-0.1, -0.05) is 5.16 Å². The molecular formula is C14H15N3O2. The van der Waals surface area contributed by atoms with Crippen LogP contribution in [0, 0.1) is 6.92 Å². The highest BCUT2D eigenvalue weighted by Crippen LogP contribution is 2.36. The van der Waals surface area contributed by atoms with E-state index >= 15 is 0 Å². The summed E-state index contributed by atoms with van der Waals surface area (Å²) in [5.74, 6) is 1.16. The molecule has 2 aromatic heterocycles. The maximum Gasteiger partial charge on any atom is 0.222 e. The molecule has 1 aromatic carbocycles. The minimum Gasteiger partial charge on any atom is -0.495 e. The summed E-state index contributed by atoms with van der Waals surface area (Å²) in [5, 5.41) is 5.06. The van der Waals surface area contributed by atoms with Crippen LogP contribution in [0.2, 0.25) is 0 Å². The van der Waals surface area contributed by atoms with E-state index in [4.69, 9.17) is 15.0 Å². The van der Waals surface area contributed by atoms with Crippen LogP contribution in [0.15, 0.2) is 28.9 Å². The molecule has 0 fully saturated rings. The van der Waals surface area contributed by atoms with Gasteiger partial charge < -0.3 is 19.6 Å². The fourth-order valence-corrected chi connectivity index (χ4v) is 2.42. The highest BCUT2D eigenvalue weighted by Gasteiger charge is 2.15. The summed E-state index contributed by atoms with van der Waals surface area (Å²) < 4.78 is 12.4. The molecule has 0 aliphatic carbocycles. The number of rotatable bonds is 2. The van der Waals surface area contributed by atoms with E-state index in [-0.39, 0.29) is 0 Å². The van der Waals surface area contributed by atoms with Crippen LogP contribution in [0.1, 0.15) is 5.56 Å².